The number of hydrogen-bond donors (Lipinski definition) is 1. The Morgan fingerprint density at radius 2 is 1.81 bits per heavy atom. The van der Waals surface area contributed by atoms with Gasteiger partial charge in [0.15, 0.2) is 0 Å². The van der Waals surface area contributed by atoms with Crippen molar-refractivity contribution in [3.05, 3.63) is 66.2 Å². The smallest absolute Gasteiger partial charge is 0.222 e. The molecule has 0 radical (unpaired) electrons. The first-order valence-corrected chi connectivity index (χ1v) is 10.0. The normalized spacial score (nSPS) is 11.7. The summed E-state index contributed by atoms with van der Waals surface area (Å²) < 4.78 is 17.7. The minimum Gasteiger partial charge on any atom is -0.489 e. The largest absolute Gasteiger partial charge is 0.489 e. The summed E-state index contributed by atoms with van der Waals surface area (Å²) in [5, 5.41) is 3.53. The van der Waals surface area contributed by atoms with Crippen LogP contribution in [0.3, 0.4) is 0 Å². The predicted molar refractivity (Wildman–Crippen MR) is 109 cm³/mol. The summed E-state index contributed by atoms with van der Waals surface area (Å²) in [4.78, 5) is 10.5. The van der Waals surface area contributed by atoms with Crippen molar-refractivity contribution in [1.82, 2.24) is 9.97 Å². The van der Waals surface area contributed by atoms with Gasteiger partial charge in [-0.1, -0.05) is 36.4 Å². The maximum absolute atomic E-state index is 11.8. The van der Waals surface area contributed by atoms with Gasteiger partial charge in [-0.25, -0.2) is 9.97 Å². The summed E-state index contributed by atoms with van der Waals surface area (Å²) in [6.07, 6.45) is 1.57. The van der Waals surface area contributed by atoms with Crippen LogP contribution in [-0.2, 0) is 17.4 Å². The number of aromatic nitrogens is 2. The van der Waals surface area contributed by atoms with Gasteiger partial charge in [-0.15, -0.1) is 0 Å². The van der Waals surface area contributed by atoms with E-state index in [1.165, 1.54) is 0 Å². The van der Waals surface area contributed by atoms with Crippen molar-refractivity contribution in [3.63, 3.8) is 0 Å². The zero-order chi connectivity index (χ0) is 19.2. The lowest BCUT2D eigenvalue weighted by Gasteiger charge is -2.14. The van der Waals surface area contributed by atoms with Gasteiger partial charge in [-0.3, -0.25) is 4.21 Å². The maximum Gasteiger partial charge on any atom is 0.222 e. The molecule has 1 N–H and O–H groups in total. The van der Waals surface area contributed by atoms with Crippen LogP contribution < -0.4 is 15.0 Å². The van der Waals surface area contributed by atoms with E-state index in [9.17, 15) is 4.21 Å². The molecule has 2 aromatic carbocycles. The molecule has 1 aromatic heterocycles. The van der Waals surface area contributed by atoms with Crippen LogP contribution in [0.2, 0.25) is 0 Å². The van der Waals surface area contributed by atoms with Crippen molar-refractivity contribution in [1.29, 1.82) is 0 Å². The van der Waals surface area contributed by atoms with E-state index in [4.69, 9.17) is 4.74 Å². The average molecular weight is 382 g/mol. The minimum atomic E-state index is -1.27. The van der Waals surface area contributed by atoms with Gasteiger partial charge in [-0.2, -0.15) is 0 Å². The van der Waals surface area contributed by atoms with E-state index in [-0.39, 0.29) is 0 Å². The maximum atomic E-state index is 11.8. The van der Waals surface area contributed by atoms with E-state index in [1.54, 1.807) is 6.26 Å². The highest BCUT2D eigenvalue weighted by Crippen LogP contribution is 2.23. The van der Waals surface area contributed by atoms with Gasteiger partial charge in [-0.05, 0) is 17.7 Å². The second-order valence-corrected chi connectivity index (χ2v) is 7.44. The van der Waals surface area contributed by atoms with Crippen LogP contribution in [0.15, 0.2) is 65.8 Å². The van der Waals surface area contributed by atoms with E-state index in [2.05, 4.69) is 15.3 Å². The molecule has 0 aliphatic heterocycles. The molecule has 1 unspecified atom stereocenters. The van der Waals surface area contributed by atoms with Crippen molar-refractivity contribution in [2.75, 3.05) is 30.6 Å². The first-order chi connectivity index (χ1) is 13.0. The number of hydrogen-bond acceptors (Lipinski definition) is 6. The molecule has 0 saturated carbocycles. The molecule has 0 bridgehead atoms. The lowest BCUT2D eigenvalue weighted by Crippen LogP contribution is -2.13. The summed E-state index contributed by atoms with van der Waals surface area (Å²) in [6.45, 7) is 0.502. The molecule has 3 rings (SSSR count). The SMILES string of the molecule is CN(C)c1cc(Nc2cccc(OCc3ccccc3)c2)nc(S(C)=O)n1. The number of nitrogens with zero attached hydrogens (tertiary/aromatic N) is 3. The van der Waals surface area contributed by atoms with Crippen LogP contribution in [0, 0.1) is 0 Å². The molecule has 0 fully saturated rings. The monoisotopic (exact) mass is 382 g/mol. The highest BCUT2D eigenvalue weighted by atomic mass is 32.2. The quantitative estimate of drug-likeness (QED) is 0.630. The fourth-order valence-corrected chi connectivity index (χ4v) is 2.84. The molecule has 1 atom stereocenters. The standard InChI is InChI=1S/C20H22N4O2S/c1-24(2)19-13-18(22-20(23-19)27(3)25)21-16-10-7-11-17(12-16)26-14-15-8-5-4-6-9-15/h4-13H,14H2,1-3H3,(H,21,22,23). The van der Waals surface area contributed by atoms with E-state index in [0.717, 1.165) is 17.0 Å². The number of anilines is 3. The molecule has 27 heavy (non-hydrogen) atoms. The zero-order valence-electron chi connectivity index (χ0n) is 15.5. The summed E-state index contributed by atoms with van der Waals surface area (Å²) in [6, 6.07) is 19.5. The fourth-order valence-electron chi connectivity index (χ4n) is 2.39. The van der Waals surface area contributed by atoms with Crippen LogP contribution in [0.1, 0.15) is 5.56 Å². The van der Waals surface area contributed by atoms with Gasteiger partial charge in [0.05, 0.1) is 10.8 Å². The molecule has 0 saturated heterocycles. The zero-order valence-corrected chi connectivity index (χ0v) is 16.4. The molecule has 0 aliphatic carbocycles. The molecule has 0 spiro atoms. The highest BCUT2D eigenvalue weighted by molar-refractivity contribution is 7.84. The van der Waals surface area contributed by atoms with E-state index in [1.807, 2.05) is 79.7 Å². The molecule has 140 valence electrons. The topological polar surface area (TPSA) is 67.3 Å². The van der Waals surface area contributed by atoms with Gasteiger partial charge >= 0.3 is 0 Å². The fraction of sp³-hybridized carbons (Fsp3) is 0.200. The van der Waals surface area contributed by atoms with Crippen LogP contribution in [-0.4, -0.2) is 34.5 Å². The van der Waals surface area contributed by atoms with E-state index in [0.29, 0.717) is 23.4 Å². The predicted octanol–water partition coefficient (Wildman–Crippen LogP) is 3.60. The molecule has 1 heterocycles. The van der Waals surface area contributed by atoms with Crippen LogP contribution in [0.25, 0.3) is 0 Å². The van der Waals surface area contributed by atoms with Crippen molar-refractivity contribution >= 4 is 28.1 Å². The van der Waals surface area contributed by atoms with Gasteiger partial charge in [0.1, 0.15) is 24.0 Å². The number of rotatable bonds is 7. The molecule has 6 nitrogen and oxygen atoms in total. The molecular formula is C20H22N4O2S. The van der Waals surface area contributed by atoms with E-state index >= 15 is 0 Å². The summed E-state index contributed by atoms with van der Waals surface area (Å²) in [5.41, 5.74) is 1.94. The Kier molecular flexibility index (Phi) is 6.03. The lowest BCUT2D eigenvalue weighted by atomic mass is 10.2. The number of benzene rings is 2. The van der Waals surface area contributed by atoms with Crippen molar-refractivity contribution in [3.8, 4) is 5.75 Å². The Labute approximate surface area is 161 Å². The summed E-state index contributed by atoms with van der Waals surface area (Å²) >= 11 is 0. The Hall–Kier alpha value is -2.93. The molecule has 3 aromatic rings. The summed E-state index contributed by atoms with van der Waals surface area (Å²) in [5.74, 6) is 2.03. The summed E-state index contributed by atoms with van der Waals surface area (Å²) in [7, 11) is 2.50. The van der Waals surface area contributed by atoms with Crippen molar-refractivity contribution in [2.24, 2.45) is 0 Å². The van der Waals surface area contributed by atoms with E-state index < -0.39 is 10.8 Å². The lowest BCUT2D eigenvalue weighted by molar-refractivity contribution is 0.306. The third kappa shape index (κ3) is 5.27. The van der Waals surface area contributed by atoms with Crippen LogP contribution >= 0.6 is 0 Å². The average Bonchev–Trinajstić information content (AvgIpc) is 2.67. The third-order valence-electron chi connectivity index (χ3n) is 3.76. The second kappa shape index (κ2) is 8.64. The van der Waals surface area contributed by atoms with Crippen molar-refractivity contribution in [2.45, 2.75) is 11.8 Å². The minimum absolute atomic E-state index is 0.292. The second-order valence-electron chi connectivity index (χ2n) is 6.17. The molecule has 7 heteroatoms. The first kappa shape index (κ1) is 18.8. The van der Waals surface area contributed by atoms with Crippen molar-refractivity contribution < 1.29 is 8.95 Å². The molecular weight excluding hydrogens is 360 g/mol. The van der Waals surface area contributed by atoms with Gasteiger partial charge in [0.2, 0.25) is 5.16 Å². The van der Waals surface area contributed by atoms with Gasteiger partial charge in [0.25, 0.3) is 0 Å². The Morgan fingerprint density at radius 1 is 1.04 bits per heavy atom. The number of ether oxygens (including phenoxy) is 1. The van der Waals surface area contributed by atoms with Crippen LogP contribution in [0.4, 0.5) is 17.3 Å². The Balaban J connectivity index is 1.77. The Morgan fingerprint density at radius 3 is 2.52 bits per heavy atom. The first-order valence-electron chi connectivity index (χ1n) is 8.45. The molecule has 0 amide bonds. The molecule has 0 aliphatic rings. The highest BCUT2D eigenvalue weighted by Gasteiger charge is 2.10. The number of nitrogens with one attached hydrogen (secondary N) is 1. The Bertz CT molecular complexity index is 932. The van der Waals surface area contributed by atoms with Gasteiger partial charge in [0, 0.05) is 38.2 Å². The van der Waals surface area contributed by atoms with Gasteiger partial charge < -0.3 is 15.0 Å². The van der Waals surface area contributed by atoms with Crippen LogP contribution in [0.5, 0.6) is 5.75 Å². The third-order valence-corrected chi connectivity index (χ3v) is 4.46.